The standard InChI is InChI=1S/C20H22/c1-5-10-19-13-15(3)17(6-2)14-20(19)16(4)18-11-8-7-9-12-18/h2,7-9,11-14,16H,5,10H2,1,3-4H3. The second-order valence-corrected chi connectivity index (χ2v) is 5.39. The van der Waals surface area contributed by atoms with Crippen molar-refractivity contribution in [2.75, 3.05) is 0 Å². The minimum Gasteiger partial charge on any atom is -0.115 e. The van der Waals surface area contributed by atoms with Crippen molar-refractivity contribution in [1.82, 2.24) is 0 Å². The lowest BCUT2D eigenvalue weighted by Crippen LogP contribution is -2.03. The van der Waals surface area contributed by atoms with Crippen molar-refractivity contribution in [2.24, 2.45) is 0 Å². The Kier molecular flexibility index (Phi) is 4.64. The van der Waals surface area contributed by atoms with Crippen molar-refractivity contribution in [3.8, 4) is 12.3 Å². The van der Waals surface area contributed by atoms with E-state index in [4.69, 9.17) is 6.42 Å². The zero-order chi connectivity index (χ0) is 14.5. The summed E-state index contributed by atoms with van der Waals surface area (Å²) in [5.41, 5.74) is 6.37. The maximum atomic E-state index is 5.63. The monoisotopic (exact) mass is 262 g/mol. The van der Waals surface area contributed by atoms with Gasteiger partial charge >= 0.3 is 0 Å². The molecule has 0 saturated heterocycles. The topological polar surface area (TPSA) is 0 Å². The molecular weight excluding hydrogens is 240 g/mol. The number of benzene rings is 2. The van der Waals surface area contributed by atoms with E-state index in [1.54, 1.807) is 0 Å². The minimum atomic E-state index is 0.380. The molecule has 0 bridgehead atoms. The Labute approximate surface area is 122 Å². The van der Waals surface area contributed by atoms with Crippen LogP contribution < -0.4 is 0 Å². The molecule has 0 aliphatic heterocycles. The summed E-state index contributed by atoms with van der Waals surface area (Å²) in [5, 5.41) is 0. The molecule has 0 heteroatoms. The average Bonchev–Trinajstić information content (AvgIpc) is 2.48. The van der Waals surface area contributed by atoms with Gasteiger partial charge in [-0.1, -0.05) is 62.6 Å². The van der Waals surface area contributed by atoms with Gasteiger partial charge in [0.2, 0.25) is 0 Å². The highest BCUT2D eigenvalue weighted by molar-refractivity contribution is 5.49. The number of hydrogen-bond acceptors (Lipinski definition) is 0. The molecule has 2 aromatic rings. The second kappa shape index (κ2) is 6.44. The van der Waals surface area contributed by atoms with Crippen LogP contribution in [0.4, 0.5) is 0 Å². The van der Waals surface area contributed by atoms with Gasteiger partial charge in [0.25, 0.3) is 0 Å². The molecule has 0 nitrogen and oxygen atoms in total. The largest absolute Gasteiger partial charge is 0.115 e. The Morgan fingerprint density at radius 3 is 2.45 bits per heavy atom. The summed E-state index contributed by atoms with van der Waals surface area (Å²) < 4.78 is 0. The Bertz CT molecular complexity index is 614. The minimum absolute atomic E-state index is 0.380. The normalized spacial score (nSPS) is 11.9. The fourth-order valence-electron chi connectivity index (χ4n) is 2.75. The van der Waals surface area contributed by atoms with Crippen LogP contribution in [0.2, 0.25) is 0 Å². The molecule has 0 saturated carbocycles. The highest BCUT2D eigenvalue weighted by Crippen LogP contribution is 2.29. The molecule has 2 rings (SSSR count). The number of aryl methyl sites for hydroxylation is 2. The van der Waals surface area contributed by atoms with E-state index in [9.17, 15) is 0 Å². The zero-order valence-corrected chi connectivity index (χ0v) is 12.6. The molecule has 0 N–H and O–H groups in total. The lowest BCUT2D eigenvalue weighted by Gasteiger charge is -2.19. The van der Waals surface area contributed by atoms with Crippen LogP contribution in [0.3, 0.4) is 0 Å². The summed E-state index contributed by atoms with van der Waals surface area (Å²) in [5.74, 6) is 3.19. The van der Waals surface area contributed by atoms with E-state index in [0.717, 1.165) is 18.4 Å². The highest BCUT2D eigenvalue weighted by Gasteiger charge is 2.14. The van der Waals surface area contributed by atoms with Crippen molar-refractivity contribution in [3.63, 3.8) is 0 Å². The van der Waals surface area contributed by atoms with Crippen LogP contribution in [0.1, 0.15) is 54.0 Å². The molecule has 0 fully saturated rings. The lowest BCUT2D eigenvalue weighted by molar-refractivity contribution is 0.850. The summed E-state index contributed by atoms with van der Waals surface area (Å²) in [6.45, 7) is 6.59. The first-order valence-electron chi connectivity index (χ1n) is 7.32. The summed E-state index contributed by atoms with van der Waals surface area (Å²) in [4.78, 5) is 0. The maximum absolute atomic E-state index is 5.63. The molecule has 0 spiro atoms. The first-order chi connectivity index (χ1) is 9.67. The molecule has 2 aromatic carbocycles. The first kappa shape index (κ1) is 14.4. The van der Waals surface area contributed by atoms with Crippen molar-refractivity contribution >= 4 is 0 Å². The van der Waals surface area contributed by atoms with Gasteiger partial charge in [0.15, 0.2) is 0 Å². The molecule has 0 heterocycles. The van der Waals surface area contributed by atoms with Gasteiger partial charge < -0.3 is 0 Å². The number of terminal acetylenes is 1. The molecule has 0 aromatic heterocycles. The van der Waals surface area contributed by atoms with E-state index in [1.807, 2.05) is 0 Å². The molecule has 1 unspecified atom stereocenters. The summed E-state index contributed by atoms with van der Waals surface area (Å²) in [6.07, 6.45) is 7.90. The van der Waals surface area contributed by atoms with Crippen molar-refractivity contribution in [3.05, 3.63) is 70.3 Å². The SMILES string of the molecule is C#Cc1cc(C(C)c2ccccc2)c(CCC)cc1C. The van der Waals surface area contributed by atoms with E-state index in [-0.39, 0.29) is 0 Å². The molecule has 0 aliphatic carbocycles. The van der Waals surface area contributed by atoms with Gasteiger partial charge in [0.05, 0.1) is 0 Å². The van der Waals surface area contributed by atoms with Crippen molar-refractivity contribution in [1.29, 1.82) is 0 Å². The van der Waals surface area contributed by atoms with Crippen LogP contribution in [0.5, 0.6) is 0 Å². The smallest absolute Gasteiger partial charge is 0.0274 e. The molecule has 0 radical (unpaired) electrons. The highest BCUT2D eigenvalue weighted by atomic mass is 14.2. The summed E-state index contributed by atoms with van der Waals surface area (Å²) >= 11 is 0. The van der Waals surface area contributed by atoms with E-state index in [2.05, 4.69) is 69.2 Å². The number of hydrogen-bond donors (Lipinski definition) is 0. The van der Waals surface area contributed by atoms with Crippen molar-refractivity contribution in [2.45, 2.75) is 39.5 Å². The van der Waals surface area contributed by atoms with E-state index in [1.165, 1.54) is 22.3 Å². The fourth-order valence-corrected chi connectivity index (χ4v) is 2.75. The van der Waals surface area contributed by atoms with Gasteiger partial charge in [0, 0.05) is 11.5 Å². The molecule has 0 aliphatic rings. The van der Waals surface area contributed by atoms with Gasteiger partial charge in [-0.05, 0) is 41.7 Å². The van der Waals surface area contributed by atoms with Crippen LogP contribution in [0.25, 0.3) is 0 Å². The predicted molar refractivity (Wildman–Crippen MR) is 87.1 cm³/mol. The van der Waals surface area contributed by atoms with Gasteiger partial charge in [-0.2, -0.15) is 0 Å². The third-order valence-corrected chi connectivity index (χ3v) is 3.93. The Morgan fingerprint density at radius 2 is 1.85 bits per heavy atom. The fraction of sp³-hybridized carbons (Fsp3) is 0.300. The third kappa shape index (κ3) is 2.94. The van der Waals surface area contributed by atoms with E-state index >= 15 is 0 Å². The third-order valence-electron chi connectivity index (χ3n) is 3.93. The quantitative estimate of drug-likeness (QED) is 0.674. The molecule has 102 valence electrons. The van der Waals surface area contributed by atoms with Crippen molar-refractivity contribution < 1.29 is 0 Å². The van der Waals surface area contributed by atoms with Gasteiger partial charge in [0.1, 0.15) is 0 Å². The Hall–Kier alpha value is -2.00. The Morgan fingerprint density at radius 1 is 1.15 bits per heavy atom. The summed E-state index contributed by atoms with van der Waals surface area (Å²) in [7, 11) is 0. The van der Waals surface area contributed by atoms with Gasteiger partial charge in [-0.3, -0.25) is 0 Å². The average molecular weight is 262 g/mol. The van der Waals surface area contributed by atoms with Gasteiger partial charge in [-0.25, -0.2) is 0 Å². The van der Waals surface area contributed by atoms with Crippen LogP contribution in [-0.4, -0.2) is 0 Å². The molecule has 20 heavy (non-hydrogen) atoms. The lowest BCUT2D eigenvalue weighted by atomic mass is 9.86. The van der Waals surface area contributed by atoms with Crippen LogP contribution in [-0.2, 0) is 6.42 Å². The molecule has 1 atom stereocenters. The summed E-state index contributed by atoms with van der Waals surface area (Å²) in [6, 6.07) is 15.1. The van der Waals surface area contributed by atoms with Gasteiger partial charge in [-0.15, -0.1) is 6.42 Å². The van der Waals surface area contributed by atoms with E-state index in [0.29, 0.717) is 5.92 Å². The Balaban J connectivity index is 2.51. The molecular formula is C20H22. The van der Waals surface area contributed by atoms with Crippen LogP contribution >= 0.6 is 0 Å². The molecule has 0 amide bonds. The zero-order valence-electron chi connectivity index (χ0n) is 12.6. The van der Waals surface area contributed by atoms with E-state index < -0.39 is 0 Å². The maximum Gasteiger partial charge on any atom is 0.0274 e. The number of rotatable bonds is 4. The predicted octanol–water partition coefficient (Wildman–Crippen LogP) is 5.08. The second-order valence-electron chi connectivity index (χ2n) is 5.39. The van der Waals surface area contributed by atoms with Crippen LogP contribution in [0.15, 0.2) is 42.5 Å². The van der Waals surface area contributed by atoms with Crippen LogP contribution in [0, 0.1) is 19.3 Å². The first-order valence-corrected chi connectivity index (χ1v) is 7.32.